The smallest absolute Gasteiger partial charge is 0.0766 e. The Bertz CT molecular complexity index is 537. The molecule has 0 fully saturated rings. The summed E-state index contributed by atoms with van der Waals surface area (Å²) in [7, 11) is 0. The minimum atomic E-state index is 0.239. The van der Waals surface area contributed by atoms with Gasteiger partial charge in [-0.05, 0) is 47.4 Å². The molecule has 1 unspecified atom stereocenters. The third-order valence-electron chi connectivity index (χ3n) is 3.26. The molecule has 0 saturated heterocycles. The van der Waals surface area contributed by atoms with E-state index in [9.17, 15) is 0 Å². The van der Waals surface area contributed by atoms with Crippen LogP contribution in [0.5, 0.6) is 0 Å². The Morgan fingerprint density at radius 2 is 2.20 bits per heavy atom. The molecule has 20 heavy (non-hydrogen) atoms. The summed E-state index contributed by atoms with van der Waals surface area (Å²) < 4.78 is 7.20. The van der Waals surface area contributed by atoms with Gasteiger partial charge in [-0.15, -0.1) is 5.10 Å². The van der Waals surface area contributed by atoms with E-state index >= 15 is 0 Å². The van der Waals surface area contributed by atoms with Crippen molar-refractivity contribution in [1.29, 1.82) is 0 Å². The van der Waals surface area contributed by atoms with E-state index < -0.39 is 0 Å². The second kappa shape index (κ2) is 7.28. The molecule has 0 saturated carbocycles. The van der Waals surface area contributed by atoms with Crippen molar-refractivity contribution in [2.75, 3.05) is 6.54 Å². The van der Waals surface area contributed by atoms with Gasteiger partial charge in [0.2, 0.25) is 0 Å². The largest absolute Gasteiger partial charge is 0.309 e. The van der Waals surface area contributed by atoms with E-state index in [4.69, 9.17) is 0 Å². The van der Waals surface area contributed by atoms with Gasteiger partial charge in [0.1, 0.15) is 0 Å². The number of rotatable bonds is 7. The Morgan fingerprint density at radius 1 is 1.40 bits per heavy atom. The van der Waals surface area contributed by atoms with Gasteiger partial charge in [-0.2, -0.15) is 5.10 Å². The zero-order chi connectivity index (χ0) is 14.5. The minimum absolute atomic E-state index is 0.239. The Labute approximate surface area is 132 Å². The van der Waals surface area contributed by atoms with Crippen LogP contribution in [0.15, 0.2) is 10.7 Å². The molecule has 7 heteroatoms. The van der Waals surface area contributed by atoms with Crippen molar-refractivity contribution in [1.82, 2.24) is 24.7 Å². The predicted molar refractivity (Wildman–Crippen MR) is 85.0 cm³/mol. The first kappa shape index (κ1) is 15.6. The predicted octanol–water partition coefficient (Wildman–Crippen LogP) is 2.97. The average Bonchev–Trinajstić information content (AvgIpc) is 3.07. The van der Waals surface area contributed by atoms with E-state index in [0.29, 0.717) is 0 Å². The maximum Gasteiger partial charge on any atom is 0.0766 e. The van der Waals surface area contributed by atoms with Crippen LogP contribution in [0.25, 0.3) is 0 Å². The van der Waals surface area contributed by atoms with Gasteiger partial charge in [-0.1, -0.05) is 18.3 Å². The second-order valence-corrected chi connectivity index (χ2v) is 6.12. The Kier molecular flexibility index (Phi) is 5.68. The van der Waals surface area contributed by atoms with Crippen LogP contribution >= 0.6 is 27.5 Å². The van der Waals surface area contributed by atoms with Crippen molar-refractivity contribution in [2.45, 2.75) is 46.2 Å². The highest BCUT2D eigenvalue weighted by Crippen LogP contribution is 2.28. The highest BCUT2D eigenvalue weighted by molar-refractivity contribution is 9.10. The third-order valence-corrected chi connectivity index (χ3v) is 4.96. The van der Waals surface area contributed by atoms with E-state index in [1.165, 1.54) is 22.1 Å². The summed E-state index contributed by atoms with van der Waals surface area (Å²) in [6, 6.07) is 0.239. The number of hydrogen-bond donors (Lipinski definition) is 1. The normalized spacial score (nSPS) is 12.8. The molecular weight excluding hydrogens is 338 g/mol. The third kappa shape index (κ3) is 3.27. The molecule has 1 atom stereocenters. The number of nitrogens with one attached hydrogen (secondary N) is 1. The fourth-order valence-electron chi connectivity index (χ4n) is 2.25. The molecule has 0 aliphatic rings. The highest BCUT2D eigenvalue weighted by Gasteiger charge is 2.20. The van der Waals surface area contributed by atoms with Crippen LogP contribution in [0, 0.1) is 0 Å². The Morgan fingerprint density at radius 3 is 2.75 bits per heavy atom. The van der Waals surface area contributed by atoms with E-state index in [0.717, 1.165) is 36.1 Å². The van der Waals surface area contributed by atoms with Crippen molar-refractivity contribution in [3.63, 3.8) is 0 Å². The molecule has 0 aromatic carbocycles. The van der Waals surface area contributed by atoms with E-state index in [2.05, 4.69) is 61.4 Å². The second-order valence-electron chi connectivity index (χ2n) is 4.51. The lowest BCUT2D eigenvalue weighted by Crippen LogP contribution is -2.23. The summed E-state index contributed by atoms with van der Waals surface area (Å²) >= 11 is 5.16. The summed E-state index contributed by atoms with van der Waals surface area (Å²) in [6.45, 7) is 8.17. The molecule has 110 valence electrons. The quantitative estimate of drug-likeness (QED) is 0.827. The van der Waals surface area contributed by atoms with E-state index in [1.54, 1.807) is 0 Å². The van der Waals surface area contributed by atoms with Crippen LogP contribution in [-0.2, 0) is 19.4 Å². The molecule has 0 aliphatic carbocycles. The van der Waals surface area contributed by atoms with Gasteiger partial charge >= 0.3 is 0 Å². The first-order valence-corrected chi connectivity index (χ1v) is 8.52. The molecule has 2 aromatic rings. The number of nitrogens with zero attached hydrogens (tertiary/aromatic N) is 4. The molecule has 2 rings (SSSR count). The highest BCUT2D eigenvalue weighted by atomic mass is 79.9. The first-order valence-electron chi connectivity index (χ1n) is 6.95. The van der Waals surface area contributed by atoms with Crippen molar-refractivity contribution in [2.24, 2.45) is 0 Å². The van der Waals surface area contributed by atoms with Gasteiger partial charge in [0.25, 0.3) is 0 Å². The summed E-state index contributed by atoms with van der Waals surface area (Å²) in [5.74, 6) is 0. The van der Waals surface area contributed by atoms with Crippen LogP contribution in [0.1, 0.15) is 43.1 Å². The number of aromatic nitrogens is 4. The van der Waals surface area contributed by atoms with Crippen LogP contribution in [0.4, 0.5) is 0 Å². The average molecular weight is 358 g/mol. The summed E-state index contributed by atoms with van der Waals surface area (Å²) in [5.41, 5.74) is 2.36. The van der Waals surface area contributed by atoms with Crippen LogP contribution in [0.3, 0.4) is 0 Å². The molecule has 5 nitrogen and oxygen atoms in total. The summed E-state index contributed by atoms with van der Waals surface area (Å²) in [5, 5.41) is 12.1. The van der Waals surface area contributed by atoms with E-state index in [1.807, 2.05) is 6.20 Å². The lowest BCUT2D eigenvalue weighted by Gasteiger charge is -2.16. The zero-order valence-electron chi connectivity index (χ0n) is 12.1. The van der Waals surface area contributed by atoms with Gasteiger partial charge in [0.05, 0.1) is 33.0 Å². The molecule has 0 amide bonds. The van der Waals surface area contributed by atoms with Gasteiger partial charge in [-0.25, -0.2) is 0 Å². The molecular formula is C13H20BrN5S. The molecule has 1 N–H and O–H groups in total. The molecule has 0 spiro atoms. The first-order chi connectivity index (χ1) is 9.71. The van der Waals surface area contributed by atoms with Gasteiger partial charge in [0.15, 0.2) is 0 Å². The number of likely N-dealkylation sites (N-methyl/N-ethyl adjacent to an activating group) is 1. The van der Waals surface area contributed by atoms with Gasteiger partial charge in [0, 0.05) is 13.0 Å². The minimum Gasteiger partial charge on any atom is -0.309 e. The van der Waals surface area contributed by atoms with Crippen molar-refractivity contribution < 1.29 is 0 Å². The SMILES string of the molecule is CCNC(Cc1c(Br)c(CC)nn1CC)c1cnns1. The van der Waals surface area contributed by atoms with Gasteiger partial charge < -0.3 is 5.32 Å². The zero-order valence-corrected chi connectivity index (χ0v) is 14.5. The number of aryl methyl sites for hydroxylation is 2. The standard InChI is InChI=1S/C13H20BrN5S/c1-4-9-13(14)11(19(6-3)17-9)7-10(15-5-2)12-8-16-18-20-12/h8,10,15H,4-7H2,1-3H3. The van der Waals surface area contributed by atoms with Crippen molar-refractivity contribution >= 4 is 27.5 Å². The fraction of sp³-hybridized carbons (Fsp3) is 0.615. The fourth-order valence-corrected chi connectivity index (χ4v) is 3.56. The molecule has 0 radical (unpaired) electrons. The summed E-state index contributed by atoms with van der Waals surface area (Å²) in [6.07, 6.45) is 3.67. The molecule has 2 heterocycles. The maximum absolute atomic E-state index is 4.66. The summed E-state index contributed by atoms with van der Waals surface area (Å²) in [4.78, 5) is 1.17. The van der Waals surface area contributed by atoms with Crippen LogP contribution in [0.2, 0.25) is 0 Å². The van der Waals surface area contributed by atoms with Crippen molar-refractivity contribution in [3.05, 3.63) is 26.9 Å². The molecule has 0 bridgehead atoms. The Hall–Kier alpha value is -0.790. The van der Waals surface area contributed by atoms with Gasteiger partial charge in [-0.3, -0.25) is 4.68 Å². The maximum atomic E-state index is 4.66. The topological polar surface area (TPSA) is 55.6 Å². The lowest BCUT2D eigenvalue weighted by molar-refractivity contribution is 0.520. The molecule has 0 aliphatic heterocycles. The number of hydrogen-bond acceptors (Lipinski definition) is 5. The van der Waals surface area contributed by atoms with Crippen LogP contribution < -0.4 is 5.32 Å². The molecule has 2 aromatic heterocycles. The van der Waals surface area contributed by atoms with Crippen LogP contribution in [-0.4, -0.2) is 25.9 Å². The monoisotopic (exact) mass is 357 g/mol. The number of halogens is 1. The van der Waals surface area contributed by atoms with Crippen molar-refractivity contribution in [3.8, 4) is 0 Å². The van der Waals surface area contributed by atoms with E-state index in [-0.39, 0.29) is 6.04 Å². The lowest BCUT2D eigenvalue weighted by atomic mass is 10.1. The Balaban J connectivity index is 2.28.